The number of benzene rings is 2. The molecule has 4 nitrogen and oxygen atoms in total. The van der Waals surface area contributed by atoms with E-state index < -0.39 is 29.7 Å². The molecule has 0 fully saturated rings. The van der Waals surface area contributed by atoms with Crippen LogP contribution in [0, 0.1) is 11.6 Å². The Kier molecular flexibility index (Phi) is 3.94. The smallest absolute Gasteiger partial charge is 0.324 e. The first-order valence-corrected chi connectivity index (χ1v) is 7.86. The summed E-state index contributed by atoms with van der Waals surface area (Å²) in [5.74, 6) is -3.60. The molecule has 27 heavy (non-hydrogen) atoms. The van der Waals surface area contributed by atoms with Crippen LogP contribution in [0.25, 0.3) is 5.70 Å². The van der Waals surface area contributed by atoms with E-state index in [4.69, 9.17) is 0 Å². The number of halogens is 5. The molecule has 1 aromatic heterocycles. The van der Waals surface area contributed by atoms with Gasteiger partial charge in [0.05, 0.1) is 0 Å². The number of anilines is 1. The maximum absolute atomic E-state index is 13.7. The molecule has 0 radical (unpaired) electrons. The van der Waals surface area contributed by atoms with E-state index in [0.29, 0.717) is 11.3 Å². The quantitative estimate of drug-likeness (QED) is 0.661. The van der Waals surface area contributed by atoms with Crippen LogP contribution in [0.4, 0.5) is 27.9 Å². The van der Waals surface area contributed by atoms with E-state index >= 15 is 0 Å². The third-order valence-corrected chi connectivity index (χ3v) is 4.09. The van der Waals surface area contributed by atoms with Crippen LogP contribution in [-0.4, -0.2) is 14.8 Å². The third-order valence-electron chi connectivity index (χ3n) is 4.09. The Morgan fingerprint density at radius 3 is 2.37 bits per heavy atom. The van der Waals surface area contributed by atoms with Gasteiger partial charge in [-0.2, -0.15) is 18.2 Å². The van der Waals surface area contributed by atoms with E-state index in [2.05, 4.69) is 15.4 Å². The number of aromatic nitrogens is 3. The molecule has 1 aliphatic heterocycles. The first-order chi connectivity index (χ1) is 12.8. The van der Waals surface area contributed by atoms with Crippen molar-refractivity contribution in [2.45, 2.75) is 12.2 Å². The van der Waals surface area contributed by atoms with Crippen molar-refractivity contribution in [1.82, 2.24) is 14.8 Å². The van der Waals surface area contributed by atoms with Crippen molar-refractivity contribution < 1.29 is 22.0 Å². The normalized spacial score (nSPS) is 16.5. The van der Waals surface area contributed by atoms with Crippen molar-refractivity contribution in [3.8, 4) is 0 Å². The maximum Gasteiger partial charge on any atom is 0.453 e. The minimum absolute atomic E-state index is 0.140. The van der Waals surface area contributed by atoms with Crippen molar-refractivity contribution in [2.75, 3.05) is 5.32 Å². The fourth-order valence-corrected chi connectivity index (χ4v) is 2.83. The van der Waals surface area contributed by atoms with Gasteiger partial charge in [-0.3, -0.25) is 0 Å². The molecule has 1 aliphatic rings. The lowest BCUT2D eigenvalue weighted by Crippen LogP contribution is -2.20. The molecule has 0 saturated carbocycles. The monoisotopic (exact) mass is 378 g/mol. The third kappa shape index (κ3) is 3.16. The molecule has 1 N–H and O–H groups in total. The van der Waals surface area contributed by atoms with E-state index in [1.54, 1.807) is 36.4 Å². The van der Waals surface area contributed by atoms with Crippen LogP contribution in [-0.2, 0) is 6.18 Å². The summed E-state index contributed by atoms with van der Waals surface area (Å²) in [4.78, 5) is 3.52. The molecule has 2 aromatic carbocycles. The van der Waals surface area contributed by atoms with Crippen LogP contribution in [0.2, 0.25) is 0 Å². The molecule has 0 aliphatic carbocycles. The average Bonchev–Trinajstić information content (AvgIpc) is 3.08. The zero-order valence-corrected chi connectivity index (χ0v) is 13.5. The van der Waals surface area contributed by atoms with Gasteiger partial charge in [0.15, 0.2) is 11.6 Å². The van der Waals surface area contributed by atoms with Gasteiger partial charge in [-0.05, 0) is 29.3 Å². The summed E-state index contributed by atoms with van der Waals surface area (Å²) in [5.41, 5.74) is 1.43. The number of fused-ring (bicyclic) bond motifs is 1. The summed E-state index contributed by atoms with van der Waals surface area (Å²) in [6.45, 7) is 0. The average molecular weight is 378 g/mol. The number of allylic oxidation sites excluding steroid dienone is 1. The molecule has 0 bridgehead atoms. The lowest BCUT2D eigenvalue weighted by molar-refractivity contribution is -0.145. The van der Waals surface area contributed by atoms with Gasteiger partial charge in [-0.1, -0.05) is 36.4 Å². The molecule has 0 unspecified atom stereocenters. The number of hydrogen-bond donors (Lipinski definition) is 1. The zero-order chi connectivity index (χ0) is 19.2. The molecular formula is C18H11F5N4. The van der Waals surface area contributed by atoms with Gasteiger partial charge in [-0.25, -0.2) is 13.5 Å². The highest BCUT2D eigenvalue weighted by atomic mass is 19.4. The van der Waals surface area contributed by atoms with Gasteiger partial charge in [0, 0.05) is 5.70 Å². The number of nitrogens with one attached hydrogen (secondary N) is 1. The highest BCUT2D eigenvalue weighted by Crippen LogP contribution is 2.35. The summed E-state index contributed by atoms with van der Waals surface area (Å²) in [7, 11) is 0. The van der Waals surface area contributed by atoms with Crippen molar-refractivity contribution in [3.05, 3.63) is 83.2 Å². The minimum Gasteiger partial charge on any atom is -0.324 e. The van der Waals surface area contributed by atoms with E-state index in [1.165, 1.54) is 6.07 Å². The van der Waals surface area contributed by atoms with Gasteiger partial charge >= 0.3 is 6.18 Å². The minimum atomic E-state index is -4.74. The lowest BCUT2D eigenvalue weighted by Gasteiger charge is -2.24. The number of rotatable bonds is 2. The molecule has 1 atom stereocenters. The molecule has 2 heterocycles. The zero-order valence-electron chi connectivity index (χ0n) is 13.5. The largest absolute Gasteiger partial charge is 0.453 e. The predicted molar refractivity (Wildman–Crippen MR) is 87.6 cm³/mol. The van der Waals surface area contributed by atoms with Gasteiger partial charge < -0.3 is 5.32 Å². The maximum atomic E-state index is 13.7. The fourth-order valence-electron chi connectivity index (χ4n) is 2.83. The van der Waals surface area contributed by atoms with Crippen molar-refractivity contribution in [3.63, 3.8) is 0 Å². The van der Waals surface area contributed by atoms with Crippen molar-refractivity contribution in [2.24, 2.45) is 0 Å². The van der Waals surface area contributed by atoms with Crippen LogP contribution in [0.1, 0.15) is 23.0 Å². The molecule has 9 heteroatoms. The second-order valence-corrected chi connectivity index (χ2v) is 5.89. The number of alkyl halides is 3. The fraction of sp³-hybridized carbons (Fsp3) is 0.111. The van der Waals surface area contributed by atoms with E-state index in [0.717, 1.165) is 16.8 Å². The van der Waals surface area contributed by atoms with Gasteiger partial charge in [0.25, 0.3) is 5.82 Å². The molecule has 4 rings (SSSR count). The van der Waals surface area contributed by atoms with Crippen LogP contribution >= 0.6 is 0 Å². The number of hydrogen-bond acceptors (Lipinski definition) is 3. The van der Waals surface area contributed by atoms with Gasteiger partial charge in [-0.15, -0.1) is 5.10 Å². The SMILES string of the molecule is Fc1ccc([C@@H]2C=C(c3ccccc3)Nc3nc(C(F)(F)F)nn32)cc1F. The Morgan fingerprint density at radius 1 is 0.963 bits per heavy atom. The Hall–Kier alpha value is -3.23. The number of nitrogens with zero attached hydrogens (tertiary/aromatic N) is 3. The molecule has 3 aromatic rings. The Balaban J connectivity index is 1.86. The second-order valence-electron chi connectivity index (χ2n) is 5.89. The molecule has 0 spiro atoms. The molecule has 0 amide bonds. The standard InChI is InChI=1S/C18H11F5N4/c19-12-7-6-11(8-13(12)20)15-9-14(10-4-2-1-3-5-10)24-17-25-16(18(21,22)23)26-27(15)17/h1-9,15H,(H,24,25,26)/t15-/m0/s1. The molecule has 138 valence electrons. The van der Waals surface area contributed by atoms with Gasteiger partial charge in [0.1, 0.15) is 6.04 Å². The van der Waals surface area contributed by atoms with E-state index in [1.807, 2.05) is 0 Å². The Bertz CT molecular complexity index is 1020. The summed E-state index contributed by atoms with van der Waals surface area (Å²) < 4.78 is 67.1. The summed E-state index contributed by atoms with van der Waals surface area (Å²) >= 11 is 0. The predicted octanol–water partition coefficient (Wildman–Crippen LogP) is 4.63. The van der Waals surface area contributed by atoms with Crippen LogP contribution in [0.15, 0.2) is 54.6 Å². The van der Waals surface area contributed by atoms with Crippen molar-refractivity contribution in [1.29, 1.82) is 0 Å². The molecular weight excluding hydrogens is 367 g/mol. The first-order valence-electron chi connectivity index (χ1n) is 7.86. The Morgan fingerprint density at radius 2 is 1.70 bits per heavy atom. The summed E-state index contributed by atoms with van der Waals surface area (Å²) in [6, 6.07) is 11.1. The van der Waals surface area contributed by atoms with Gasteiger partial charge in [0.2, 0.25) is 5.95 Å². The van der Waals surface area contributed by atoms with Crippen LogP contribution < -0.4 is 5.32 Å². The van der Waals surface area contributed by atoms with E-state index in [9.17, 15) is 22.0 Å². The highest BCUT2D eigenvalue weighted by molar-refractivity contribution is 5.77. The van der Waals surface area contributed by atoms with Crippen molar-refractivity contribution >= 4 is 11.6 Å². The summed E-state index contributed by atoms with van der Waals surface area (Å²) in [6.07, 6.45) is -3.15. The van der Waals surface area contributed by atoms with Crippen LogP contribution in [0.3, 0.4) is 0 Å². The Labute approximate surface area is 150 Å². The van der Waals surface area contributed by atoms with Crippen LogP contribution in [0.5, 0.6) is 0 Å². The highest BCUT2D eigenvalue weighted by Gasteiger charge is 2.39. The second kappa shape index (κ2) is 6.19. The van der Waals surface area contributed by atoms with E-state index in [-0.39, 0.29) is 11.5 Å². The summed E-state index contributed by atoms with van der Waals surface area (Å²) in [5, 5.41) is 6.33. The first kappa shape index (κ1) is 17.2. The molecule has 0 saturated heterocycles. The lowest BCUT2D eigenvalue weighted by atomic mass is 10.0. The topological polar surface area (TPSA) is 42.7 Å².